The second kappa shape index (κ2) is 11.0. The number of ether oxygens (including phenoxy) is 2. The molecule has 0 radical (unpaired) electrons. The van der Waals surface area contributed by atoms with E-state index in [0.29, 0.717) is 42.3 Å². The van der Waals surface area contributed by atoms with Gasteiger partial charge in [0, 0.05) is 18.3 Å². The van der Waals surface area contributed by atoms with E-state index >= 15 is 0 Å². The molecule has 1 unspecified atom stereocenters. The van der Waals surface area contributed by atoms with Crippen LogP contribution in [-0.2, 0) is 25.4 Å². The van der Waals surface area contributed by atoms with Gasteiger partial charge in [-0.15, -0.1) is 10.2 Å². The van der Waals surface area contributed by atoms with E-state index in [1.54, 1.807) is 44.4 Å². The average molecular weight is 564 g/mol. The van der Waals surface area contributed by atoms with E-state index in [0.717, 1.165) is 5.56 Å². The highest BCUT2D eigenvalue weighted by atomic mass is 32.2. The summed E-state index contributed by atoms with van der Waals surface area (Å²) in [6, 6.07) is 5.10. The Morgan fingerprint density at radius 1 is 1.05 bits per heavy atom. The molecule has 1 aromatic carbocycles. The third kappa shape index (κ3) is 5.39. The molecular weight excluding hydrogens is 530 g/mol. The lowest BCUT2D eigenvalue weighted by Gasteiger charge is -2.24. The van der Waals surface area contributed by atoms with Gasteiger partial charge in [0.15, 0.2) is 31.3 Å². The van der Waals surface area contributed by atoms with Gasteiger partial charge in [-0.2, -0.15) is 0 Å². The molecule has 38 heavy (non-hydrogen) atoms. The third-order valence-electron chi connectivity index (χ3n) is 7.06. The minimum absolute atomic E-state index is 0.0340. The number of hydrogen-bond donors (Lipinski definition) is 0. The number of hydrogen-bond acceptors (Lipinski definition) is 10. The van der Waals surface area contributed by atoms with Gasteiger partial charge in [0.1, 0.15) is 34.0 Å². The fourth-order valence-corrected chi connectivity index (χ4v) is 8.09. The van der Waals surface area contributed by atoms with Crippen molar-refractivity contribution in [2.24, 2.45) is 0 Å². The molecule has 1 aliphatic rings. The normalized spacial score (nSPS) is 19.0. The van der Waals surface area contributed by atoms with Crippen molar-refractivity contribution in [1.29, 1.82) is 0 Å². The summed E-state index contributed by atoms with van der Waals surface area (Å²) in [6.07, 6.45) is 4.95. The zero-order valence-electron chi connectivity index (χ0n) is 22.2. The fraction of sp³-hybridized carbons (Fsp3) is 0.520. The topological polar surface area (TPSA) is 143 Å². The summed E-state index contributed by atoms with van der Waals surface area (Å²) < 4.78 is 66.1. The Morgan fingerprint density at radius 3 is 2.26 bits per heavy atom. The number of methoxy groups -OCH3 is 2. The Morgan fingerprint density at radius 2 is 1.68 bits per heavy atom. The molecule has 11 nitrogen and oxygen atoms in total. The number of benzene rings is 1. The highest BCUT2D eigenvalue weighted by molar-refractivity contribution is 7.91. The van der Waals surface area contributed by atoms with Crippen LogP contribution in [0.1, 0.15) is 67.3 Å². The van der Waals surface area contributed by atoms with Crippen molar-refractivity contribution in [1.82, 2.24) is 24.7 Å². The minimum atomic E-state index is -3.82. The maximum atomic E-state index is 13.7. The summed E-state index contributed by atoms with van der Waals surface area (Å²) in [4.78, 5) is 8.61. The summed E-state index contributed by atoms with van der Waals surface area (Å²) >= 11 is 0. The molecule has 0 aliphatic carbocycles. The minimum Gasteiger partial charge on any atom is -0.494 e. The highest BCUT2D eigenvalue weighted by Crippen LogP contribution is 2.39. The quantitative estimate of drug-likeness (QED) is 0.381. The molecule has 4 rings (SSSR count). The zero-order chi connectivity index (χ0) is 27.7. The molecule has 3 atom stereocenters. The van der Waals surface area contributed by atoms with Crippen LogP contribution in [0.2, 0.25) is 0 Å². The lowest BCUT2D eigenvalue weighted by molar-refractivity contribution is 0.389. The lowest BCUT2D eigenvalue weighted by atomic mass is 10.1. The van der Waals surface area contributed by atoms with Gasteiger partial charge in [0.05, 0.1) is 25.2 Å². The van der Waals surface area contributed by atoms with Crippen LogP contribution in [0.3, 0.4) is 0 Å². The second-order valence-electron chi connectivity index (χ2n) is 9.59. The Hall–Kier alpha value is -3.06. The molecule has 0 saturated carbocycles. The fourth-order valence-electron chi connectivity index (χ4n) is 4.64. The number of para-hydroxylation sites is 1. The Labute approximate surface area is 223 Å². The van der Waals surface area contributed by atoms with Gasteiger partial charge in [-0.3, -0.25) is 4.57 Å². The summed E-state index contributed by atoms with van der Waals surface area (Å²) in [5, 5.41) is 6.70. The van der Waals surface area contributed by atoms with E-state index < -0.39 is 41.8 Å². The molecule has 0 bridgehead atoms. The first-order chi connectivity index (χ1) is 18.0. The van der Waals surface area contributed by atoms with Crippen molar-refractivity contribution in [2.75, 3.05) is 20.0 Å². The largest absolute Gasteiger partial charge is 0.494 e. The summed E-state index contributed by atoms with van der Waals surface area (Å²) in [5.41, 5.74) is 1.23. The molecule has 13 heteroatoms. The summed E-state index contributed by atoms with van der Waals surface area (Å²) in [7, 11) is -4.39. The first kappa shape index (κ1) is 28.0. The van der Waals surface area contributed by atoms with E-state index in [-0.39, 0.29) is 17.4 Å². The molecular formula is C25H33N5O6S2. The predicted octanol–water partition coefficient (Wildman–Crippen LogP) is 3.13. The van der Waals surface area contributed by atoms with Crippen molar-refractivity contribution in [3.63, 3.8) is 0 Å². The van der Waals surface area contributed by atoms with Crippen LogP contribution in [-0.4, -0.2) is 66.8 Å². The van der Waals surface area contributed by atoms with Crippen LogP contribution in [0.4, 0.5) is 0 Å². The predicted molar refractivity (Wildman–Crippen MR) is 142 cm³/mol. The summed E-state index contributed by atoms with van der Waals surface area (Å²) in [5.74, 6) is 0.452. The van der Waals surface area contributed by atoms with E-state index in [2.05, 4.69) is 20.2 Å². The molecule has 206 valence electrons. The maximum absolute atomic E-state index is 13.7. The number of aryl methyl sites for hydroxylation is 1. The van der Waals surface area contributed by atoms with E-state index in [1.165, 1.54) is 18.8 Å². The second-order valence-corrected chi connectivity index (χ2v) is 14.3. The van der Waals surface area contributed by atoms with Crippen LogP contribution in [0.5, 0.6) is 11.5 Å². The molecule has 2 aromatic heterocycles. The van der Waals surface area contributed by atoms with Crippen molar-refractivity contribution in [3.05, 3.63) is 53.6 Å². The van der Waals surface area contributed by atoms with Crippen molar-refractivity contribution < 1.29 is 26.3 Å². The van der Waals surface area contributed by atoms with Gasteiger partial charge < -0.3 is 9.47 Å². The SMILES string of the molecule is COc1cccc(OC)c1-n1c(CS(=O)(=O)[C@@H](C)[C@H](C)c2ncc(C)cn2)nnc1C1CCCCS1(=O)=O. The van der Waals surface area contributed by atoms with Crippen LogP contribution >= 0.6 is 0 Å². The van der Waals surface area contributed by atoms with E-state index in [9.17, 15) is 16.8 Å². The zero-order valence-corrected chi connectivity index (χ0v) is 23.8. The molecule has 3 aromatic rings. The van der Waals surface area contributed by atoms with Crippen LogP contribution in [0.15, 0.2) is 30.6 Å². The first-order valence-corrected chi connectivity index (χ1v) is 15.8. The summed E-state index contributed by atoms with van der Waals surface area (Å²) in [6.45, 7) is 5.23. The van der Waals surface area contributed by atoms with Crippen molar-refractivity contribution in [3.8, 4) is 17.2 Å². The molecule has 0 N–H and O–H groups in total. The Balaban J connectivity index is 1.83. The molecule has 0 amide bonds. The Kier molecular flexibility index (Phi) is 8.07. The third-order valence-corrected chi connectivity index (χ3v) is 11.4. The molecule has 0 spiro atoms. The maximum Gasteiger partial charge on any atom is 0.160 e. The molecule has 1 fully saturated rings. The standard InChI is InChI=1S/C25H33N5O6S2/c1-16-13-26-24(27-14-16)17(2)18(3)38(33,34)15-22-28-29-25(21-11-6-7-12-37(21,31)32)30(22)23-19(35-4)9-8-10-20(23)36-5/h8-10,13-14,17-18,21H,6-7,11-12,15H2,1-5H3/t17-,18-,21?/m0/s1. The molecule has 1 saturated heterocycles. The van der Waals surface area contributed by atoms with Crippen molar-refractivity contribution in [2.45, 2.75) is 62.2 Å². The smallest absolute Gasteiger partial charge is 0.160 e. The number of aromatic nitrogens is 5. The van der Waals surface area contributed by atoms with Gasteiger partial charge in [0.2, 0.25) is 0 Å². The number of sulfone groups is 2. The van der Waals surface area contributed by atoms with E-state index in [1.807, 2.05) is 6.92 Å². The van der Waals surface area contributed by atoms with Crippen LogP contribution in [0, 0.1) is 6.92 Å². The highest BCUT2D eigenvalue weighted by Gasteiger charge is 2.38. The monoisotopic (exact) mass is 563 g/mol. The van der Waals surface area contributed by atoms with Gasteiger partial charge in [0.25, 0.3) is 0 Å². The number of rotatable bonds is 9. The number of nitrogens with zero attached hydrogens (tertiary/aromatic N) is 5. The van der Waals surface area contributed by atoms with Crippen LogP contribution < -0.4 is 9.47 Å². The van der Waals surface area contributed by atoms with Gasteiger partial charge in [-0.05, 0) is 44.4 Å². The van der Waals surface area contributed by atoms with Gasteiger partial charge in [-0.25, -0.2) is 26.8 Å². The van der Waals surface area contributed by atoms with Gasteiger partial charge in [-0.1, -0.05) is 19.4 Å². The van der Waals surface area contributed by atoms with Gasteiger partial charge >= 0.3 is 0 Å². The average Bonchev–Trinajstić information content (AvgIpc) is 3.28. The van der Waals surface area contributed by atoms with Crippen LogP contribution in [0.25, 0.3) is 5.69 Å². The van der Waals surface area contributed by atoms with Crippen molar-refractivity contribution >= 4 is 19.7 Å². The lowest BCUT2D eigenvalue weighted by Crippen LogP contribution is -2.28. The molecule has 1 aliphatic heterocycles. The Bertz CT molecular complexity index is 1480. The first-order valence-electron chi connectivity index (χ1n) is 12.4. The van der Waals surface area contributed by atoms with E-state index in [4.69, 9.17) is 9.47 Å². The molecule has 3 heterocycles.